The number of carbonyl (C=O) groups is 1. The molecular formula is C17H17ClN2OS. The molecular weight excluding hydrogens is 316 g/mol. The molecule has 0 aliphatic heterocycles. The SMILES string of the molecule is CC(=S)Cc1ccc(NC(=O)NCc2ccc(Cl)cc2)cc1. The molecule has 2 N–H and O–H groups in total. The normalized spacial score (nSPS) is 10.1. The molecule has 0 radical (unpaired) electrons. The summed E-state index contributed by atoms with van der Waals surface area (Å²) in [5.41, 5.74) is 2.88. The van der Waals surface area contributed by atoms with E-state index in [1.165, 1.54) is 0 Å². The molecule has 0 unspecified atom stereocenters. The highest BCUT2D eigenvalue weighted by Gasteiger charge is 2.02. The maximum absolute atomic E-state index is 11.8. The fourth-order valence-corrected chi connectivity index (χ4v) is 2.25. The maximum atomic E-state index is 11.8. The Kier molecular flexibility index (Phi) is 5.92. The molecule has 2 aromatic carbocycles. The number of urea groups is 1. The van der Waals surface area contributed by atoms with Crippen molar-refractivity contribution in [3.05, 3.63) is 64.7 Å². The molecule has 3 nitrogen and oxygen atoms in total. The topological polar surface area (TPSA) is 41.1 Å². The Hall–Kier alpha value is -1.91. The van der Waals surface area contributed by atoms with Gasteiger partial charge in [0.25, 0.3) is 0 Å². The molecule has 0 aliphatic rings. The van der Waals surface area contributed by atoms with Crippen LogP contribution >= 0.6 is 23.8 Å². The van der Waals surface area contributed by atoms with E-state index in [2.05, 4.69) is 10.6 Å². The van der Waals surface area contributed by atoms with Crippen molar-refractivity contribution in [2.24, 2.45) is 0 Å². The fraction of sp³-hybridized carbons (Fsp3) is 0.176. The van der Waals surface area contributed by atoms with Gasteiger partial charge in [-0.3, -0.25) is 0 Å². The summed E-state index contributed by atoms with van der Waals surface area (Å²) in [5.74, 6) is 0. The average Bonchev–Trinajstić information content (AvgIpc) is 2.48. The zero-order chi connectivity index (χ0) is 15.9. The Bertz CT molecular complexity index is 653. The van der Waals surface area contributed by atoms with Crippen LogP contribution in [-0.2, 0) is 13.0 Å². The van der Waals surface area contributed by atoms with Crippen molar-refractivity contribution in [3.8, 4) is 0 Å². The molecule has 0 atom stereocenters. The first kappa shape index (κ1) is 16.5. The van der Waals surface area contributed by atoms with E-state index < -0.39 is 0 Å². The van der Waals surface area contributed by atoms with Crippen LogP contribution in [0.5, 0.6) is 0 Å². The van der Waals surface area contributed by atoms with Crippen molar-refractivity contribution < 1.29 is 4.79 Å². The van der Waals surface area contributed by atoms with Crippen molar-refractivity contribution in [2.45, 2.75) is 19.9 Å². The van der Waals surface area contributed by atoms with E-state index in [9.17, 15) is 4.79 Å². The summed E-state index contributed by atoms with van der Waals surface area (Å²) >= 11 is 10.9. The van der Waals surface area contributed by atoms with Gasteiger partial charge in [0.1, 0.15) is 0 Å². The number of benzene rings is 2. The molecule has 2 rings (SSSR count). The molecule has 0 saturated heterocycles. The lowest BCUT2D eigenvalue weighted by Crippen LogP contribution is -2.28. The van der Waals surface area contributed by atoms with Crippen LogP contribution in [0.2, 0.25) is 5.02 Å². The third-order valence-electron chi connectivity index (χ3n) is 3.03. The van der Waals surface area contributed by atoms with Crippen molar-refractivity contribution in [3.63, 3.8) is 0 Å². The van der Waals surface area contributed by atoms with Gasteiger partial charge < -0.3 is 10.6 Å². The number of hydrogen-bond acceptors (Lipinski definition) is 2. The van der Waals surface area contributed by atoms with Crippen molar-refractivity contribution in [1.29, 1.82) is 0 Å². The Morgan fingerprint density at radius 3 is 2.23 bits per heavy atom. The number of hydrogen-bond donors (Lipinski definition) is 2. The van der Waals surface area contributed by atoms with Gasteiger partial charge in [0.2, 0.25) is 0 Å². The smallest absolute Gasteiger partial charge is 0.319 e. The van der Waals surface area contributed by atoms with Crippen LogP contribution in [0.4, 0.5) is 10.5 Å². The number of nitrogens with one attached hydrogen (secondary N) is 2. The van der Waals surface area contributed by atoms with Gasteiger partial charge in [-0.15, -0.1) is 0 Å². The molecule has 0 bridgehead atoms. The molecule has 0 saturated carbocycles. The average molecular weight is 333 g/mol. The van der Waals surface area contributed by atoms with Crippen LogP contribution in [0.15, 0.2) is 48.5 Å². The first-order valence-corrected chi connectivity index (χ1v) is 7.69. The van der Waals surface area contributed by atoms with Gasteiger partial charge in [-0.1, -0.05) is 48.1 Å². The van der Waals surface area contributed by atoms with Crippen LogP contribution < -0.4 is 10.6 Å². The Balaban J connectivity index is 1.83. The number of halogens is 1. The molecule has 114 valence electrons. The van der Waals surface area contributed by atoms with E-state index in [0.29, 0.717) is 11.6 Å². The summed E-state index contributed by atoms with van der Waals surface area (Å²) in [6.07, 6.45) is 0.776. The standard InChI is InChI=1S/C17H17ClN2OS/c1-12(22)10-13-4-8-16(9-5-13)20-17(21)19-11-14-2-6-15(18)7-3-14/h2-9H,10-11H2,1H3,(H2,19,20,21). The molecule has 0 heterocycles. The van der Waals surface area contributed by atoms with E-state index in [1.807, 2.05) is 43.3 Å². The quantitative estimate of drug-likeness (QED) is 0.786. The molecule has 0 spiro atoms. The number of anilines is 1. The van der Waals surface area contributed by atoms with Gasteiger partial charge in [-0.05, 0) is 47.2 Å². The Morgan fingerprint density at radius 2 is 1.64 bits per heavy atom. The van der Waals surface area contributed by atoms with E-state index in [1.54, 1.807) is 12.1 Å². The zero-order valence-electron chi connectivity index (χ0n) is 12.2. The zero-order valence-corrected chi connectivity index (χ0v) is 13.8. The third-order valence-corrected chi connectivity index (χ3v) is 3.43. The molecule has 0 aliphatic carbocycles. The second-order valence-electron chi connectivity index (χ2n) is 5.01. The van der Waals surface area contributed by atoms with Gasteiger partial charge in [0.05, 0.1) is 0 Å². The van der Waals surface area contributed by atoms with E-state index in [0.717, 1.165) is 28.1 Å². The lowest BCUT2D eigenvalue weighted by Gasteiger charge is -2.08. The highest BCUT2D eigenvalue weighted by molar-refractivity contribution is 7.80. The number of amides is 2. The summed E-state index contributed by atoms with van der Waals surface area (Å²) in [7, 11) is 0. The van der Waals surface area contributed by atoms with Crippen LogP contribution in [0.3, 0.4) is 0 Å². The molecule has 5 heteroatoms. The second-order valence-corrected chi connectivity index (χ2v) is 6.14. The highest BCUT2D eigenvalue weighted by Crippen LogP contribution is 2.11. The number of carbonyl (C=O) groups excluding carboxylic acids is 1. The van der Waals surface area contributed by atoms with Crippen LogP contribution in [0, 0.1) is 0 Å². The summed E-state index contributed by atoms with van der Waals surface area (Å²) in [6.45, 7) is 2.37. The number of thiocarbonyl (C=S) groups is 1. The van der Waals surface area contributed by atoms with Crippen LogP contribution in [0.25, 0.3) is 0 Å². The molecule has 22 heavy (non-hydrogen) atoms. The van der Waals surface area contributed by atoms with Crippen LogP contribution in [0.1, 0.15) is 18.1 Å². The second kappa shape index (κ2) is 7.92. The minimum absolute atomic E-state index is 0.242. The van der Waals surface area contributed by atoms with Gasteiger partial charge in [0, 0.05) is 23.7 Å². The Morgan fingerprint density at radius 1 is 1.05 bits per heavy atom. The monoisotopic (exact) mass is 332 g/mol. The largest absolute Gasteiger partial charge is 0.334 e. The van der Waals surface area contributed by atoms with Crippen LogP contribution in [-0.4, -0.2) is 10.9 Å². The summed E-state index contributed by atoms with van der Waals surface area (Å²) in [4.78, 5) is 12.8. The Labute approximate surface area is 140 Å². The molecule has 0 aromatic heterocycles. The number of rotatable bonds is 5. The highest BCUT2D eigenvalue weighted by atomic mass is 35.5. The predicted molar refractivity (Wildman–Crippen MR) is 95.7 cm³/mol. The van der Waals surface area contributed by atoms with Gasteiger partial charge >= 0.3 is 6.03 Å². The van der Waals surface area contributed by atoms with Crippen molar-refractivity contribution in [1.82, 2.24) is 5.32 Å². The van der Waals surface area contributed by atoms with Crippen molar-refractivity contribution in [2.75, 3.05) is 5.32 Å². The summed E-state index contributed by atoms with van der Waals surface area (Å²) in [5, 5.41) is 6.28. The first-order valence-electron chi connectivity index (χ1n) is 6.90. The van der Waals surface area contributed by atoms with E-state index >= 15 is 0 Å². The third kappa shape index (κ3) is 5.47. The fourth-order valence-electron chi connectivity index (χ4n) is 1.95. The molecule has 0 fully saturated rings. The molecule has 2 amide bonds. The molecule has 2 aromatic rings. The van der Waals surface area contributed by atoms with E-state index in [-0.39, 0.29) is 6.03 Å². The first-order chi connectivity index (χ1) is 10.5. The van der Waals surface area contributed by atoms with Gasteiger partial charge in [0.15, 0.2) is 0 Å². The van der Waals surface area contributed by atoms with E-state index in [4.69, 9.17) is 23.8 Å². The lowest BCUT2D eigenvalue weighted by atomic mass is 10.1. The van der Waals surface area contributed by atoms with Gasteiger partial charge in [-0.25, -0.2) is 4.79 Å². The van der Waals surface area contributed by atoms with Crippen molar-refractivity contribution >= 4 is 40.4 Å². The van der Waals surface area contributed by atoms with Gasteiger partial charge in [-0.2, -0.15) is 0 Å². The summed E-state index contributed by atoms with van der Waals surface area (Å²) in [6, 6.07) is 14.8. The lowest BCUT2D eigenvalue weighted by molar-refractivity contribution is 0.251. The summed E-state index contributed by atoms with van der Waals surface area (Å²) < 4.78 is 0. The maximum Gasteiger partial charge on any atom is 0.319 e. The minimum Gasteiger partial charge on any atom is -0.334 e. The minimum atomic E-state index is -0.242. The predicted octanol–water partition coefficient (Wildman–Crippen LogP) is 4.59.